The van der Waals surface area contributed by atoms with Crippen molar-refractivity contribution < 1.29 is 14.3 Å². The van der Waals surface area contributed by atoms with E-state index in [1.807, 2.05) is 60.9 Å². The average molecular weight is 436 g/mol. The summed E-state index contributed by atoms with van der Waals surface area (Å²) in [6.45, 7) is 6.78. The summed E-state index contributed by atoms with van der Waals surface area (Å²) < 4.78 is 11.7. The van der Waals surface area contributed by atoms with Gasteiger partial charge in [0.2, 0.25) is 0 Å². The smallest absolute Gasteiger partial charge is 0.255 e. The third-order valence-electron chi connectivity index (χ3n) is 4.98. The zero-order chi connectivity index (χ0) is 22.4. The number of para-hydroxylation sites is 2. The Balaban J connectivity index is 1.82. The maximum Gasteiger partial charge on any atom is 0.255 e. The molecule has 0 spiro atoms. The number of nitrogens with one attached hydrogen (secondary N) is 1. The molecule has 3 aromatic rings. The van der Waals surface area contributed by atoms with Crippen molar-refractivity contribution in [1.29, 1.82) is 0 Å². The third kappa shape index (κ3) is 5.61. The van der Waals surface area contributed by atoms with E-state index in [0.29, 0.717) is 17.9 Å². The van der Waals surface area contributed by atoms with E-state index in [9.17, 15) is 4.79 Å². The summed E-state index contributed by atoms with van der Waals surface area (Å²) in [7, 11) is 1.62. The summed E-state index contributed by atoms with van der Waals surface area (Å²) in [5.74, 6) is 1.36. The average Bonchev–Trinajstić information content (AvgIpc) is 2.77. The van der Waals surface area contributed by atoms with Crippen LogP contribution in [0.2, 0.25) is 0 Å². The highest BCUT2D eigenvalue weighted by Gasteiger charge is 2.19. The number of anilines is 1. The van der Waals surface area contributed by atoms with Crippen molar-refractivity contribution in [3.63, 3.8) is 0 Å². The zero-order valence-corrected chi connectivity index (χ0v) is 19.5. The van der Waals surface area contributed by atoms with E-state index in [1.54, 1.807) is 24.9 Å². The number of hydrogen-bond donors (Lipinski definition) is 1. The van der Waals surface area contributed by atoms with E-state index < -0.39 is 0 Å². The lowest BCUT2D eigenvalue weighted by Crippen LogP contribution is -2.14. The molecule has 4 nitrogen and oxygen atoms in total. The van der Waals surface area contributed by atoms with Gasteiger partial charge in [-0.1, -0.05) is 51.1 Å². The lowest BCUT2D eigenvalue weighted by molar-refractivity contribution is 0.102. The van der Waals surface area contributed by atoms with Gasteiger partial charge in [-0.2, -0.15) is 0 Å². The zero-order valence-electron chi connectivity index (χ0n) is 18.7. The van der Waals surface area contributed by atoms with E-state index in [1.165, 1.54) is 0 Å². The van der Waals surface area contributed by atoms with Crippen molar-refractivity contribution in [2.24, 2.45) is 0 Å². The van der Waals surface area contributed by atoms with Crippen LogP contribution >= 0.6 is 11.8 Å². The second kappa shape index (κ2) is 9.92. The van der Waals surface area contributed by atoms with Crippen molar-refractivity contribution in [3.8, 4) is 11.5 Å². The van der Waals surface area contributed by atoms with Crippen LogP contribution in [-0.4, -0.2) is 19.3 Å². The monoisotopic (exact) mass is 435 g/mol. The van der Waals surface area contributed by atoms with Crippen molar-refractivity contribution in [2.75, 3.05) is 18.7 Å². The van der Waals surface area contributed by atoms with Gasteiger partial charge in [-0.3, -0.25) is 4.79 Å². The molecule has 0 aliphatic heterocycles. The second-order valence-corrected chi connectivity index (χ2v) is 9.06. The van der Waals surface area contributed by atoms with E-state index in [0.717, 1.165) is 27.5 Å². The molecule has 0 unspecified atom stereocenters. The van der Waals surface area contributed by atoms with Gasteiger partial charge in [0.1, 0.15) is 18.1 Å². The van der Waals surface area contributed by atoms with Gasteiger partial charge >= 0.3 is 0 Å². The van der Waals surface area contributed by atoms with Gasteiger partial charge in [0.05, 0.1) is 12.8 Å². The van der Waals surface area contributed by atoms with E-state index in [-0.39, 0.29) is 11.3 Å². The number of carbonyl (C=O) groups is 1. The molecule has 31 heavy (non-hydrogen) atoms. The van der Waals surface area contributed by atoms with Crippen LogP contribution in [0, 0.1) is 0 Å². The van der Waals surface area contributed by atoms with Crippen LogP contribution in [0.15, 0.2) is 71.6 Å². The Hall–Kier alpha value is -2.92. The Morgan fingerprint density at radius 3 is 2.39 bits per heavy atom. The molecule has 5 heteroatoms. The van der Waals surface area contributed by atoms with Gasteiger partial charge in [0, 0.05) is 16.0 Å². The molecule has 0 radical (unpaired) electrons. The Labute approximate surface area is 189 Å². The van der Waals surface area contributed by atoms with Crippen molar-refractivity contribution in [1.82, 2.24) is 0 Å². The molecule has 3 rings (SSSR count). The molecule has 0 saturated heterocycles. The molecule has 162 valence electrons. The molecule has 0 heterocycles. The van der Waals surface area contributed by atoms with E-state index >= 15 is 0 Å². The molecular weight excluding hydrogens is 406 g/mol. The minimum Gasteiger partial charge on any atom is -0.496 e. The first kappa shape index (κ1) is 22.8. The molecule has 0 aromatic heterocycles. The molecule has 0 aliphatic rings. The highest BCUT2D eigenvalue weighted by atomic mass is 32.2. The number of thioether (sulfide) groups is 1. The molecule has 1 N–H and O–H groups in total. The summed E-state index contributed by atoms with van der Waals surface area (Å²) in [6.07, 6.45) is 1.99. The topological polar surface area (TPSA) is 47.6 Å². The van der Waals surface area contributed by atoms with Crippen LogP contribution in [0.3, 0.4) is 0 Å². The lowest BCUT2D eigenvalue weighted by atomic mass is 9.86. The molecule has 0 fully saturated rings. The fraction of sp³-hybridized carbons (Fsp3) is 0.269. The Morgan fingerprint density at radius 1 is 0.968 bits per heavy atom. The Kier molecular flexibility index (Phi) is 7.29. The highest BCUT2D eigenvalue weighted by Crippen LogP contribution is 2.32. The van der Waals surface area contributed by atoms with Crippen molar-refractivity contribution in [3.05, 3.63) is 83.4 Å². The number of carbonyl (C=O) groups excluding carboxylic acids is 1. The molecule has 0 atom stereocenters. The van der Waals surface area contributed by atoms with Gasteiger partial charge in [0.25, 0.3) is 5.91 Å². The summed E-state index contributed by atoms with van der Waals surface area (Å²) in [6, 6.07) is 21.2. The first-order valence-electron chi connectivity index (χ1n) is 10.2. The van der Waals surface area contributed by atoms with Crippen LogP contribution in [0.5, 0.6) is 11.5 Å². The normalized spacial score (nSPS) is 11.1. The summed E-state index contributed by atoms with van der Waals surface area (Å²) >= 11 is 1.60. The molecule has 0 aliphatic carbocycles. The number of methoxy groups -OCH3 is 1. The van der Waals surface area contributed by atoms with Crippen molar-refractivity contribution in [2.45, 2.75) is 37.7 Å². The fourth-order valence-corrected chi connectivity index (χ4v) is 3.90. The first-order valence-corrected chi connectivity index (χ1v) is 11.4. The van der Waals surface area contributed by atoms with Crippen LogP contribution in [0.4, 0.5) is 5.69 Å². The first-order chi connectivity index (χ1) is 14.8. The lowest BCUT2D eigenvalue weighted by Gasteiger charge is -2.23. The second-order valence-electron chi connectivity index (χ2n) is 8.22. The third-order valence-corrected chi connectivity index (χ3v) is 5.77. The minimum absolute atomic E-state index is 0.0346. The minimum atomic E-state index is -0.166. The van der Waals surface area contributed by atoms with Crippen LogP contribution in [0.1, 0.15) is 42.3 Å². The fourth-order valence-electron chi connectivity index (χ4n) is 3.34. The molecule has 0 bridgehead atoms. The number of amides is 1. The maximum atomic E-state index is 12.9. The number of benzene rings is 3. The maximum absolute atomic E-state index is 12.9. The van der Waals surface area contributed by atoms with Crippen LogP contribution in [0.25, 0.3) is 0 Å². The van der Waals surface area contributed by atoms with E-state index in [4.69, 9.17) is 9.47 Å². The largest absolute Gasteiger partial charge is 0.496 e. The number of hydrogen-bond acceptors (Lipinski definition) is 4. The highest BCUT2D eigenvalue weighted by molar-refractivity contribution is 7.98. The van der Waals surface area contributed by atoms with Gasteiger partial charge in [0.15, 0.2) is 0 Å². The summed E-state index contributed by atoms with van der Waals surface area (Å²) in [5.41, 5.74) is 3.27. The summed E-state index contributed by atoms with van der Waals surface area (Å²) in [5, 5.41) is 3.00. The van der Waals surface area contributed by atoms with E-state index in [2.05, 4.69) is 32.2 Å². The SMILES string of the molecule is COc1ccc(C(=O)Nc2ccccc2SC)cc1COc1ccccc1C(C)(C)C. The Morgan fingerprint density at radius 2 is 1.68 bits per heavy atom. The Bertz CT molecular complexity index is 1060. The molecular formula is C26H29NO3S. The van der Waals surface area contributed by atoms with Crippen LogP contribution in [-0.2, 0) is 12.0 Å². The quantitative estimate of drug-likeness (QED) is 0.428. The van der Waals surface area contributed by atoms with Crippen molar-refractivity contribution >= 4 is 23.4 Å². The van der Waals surface area contributed by atoms with Gasteiger partial charge in [-0.25, -0.2) is 0 Å². The predicted octanol–water partition coefficient (Wildman–Crippen LogP) is 6.55. The van der Waals surface area contributed by atoms with Gasteiger partial charge < -0.3 is 14.8 Å². The van der Waals surface area contributed by atoms with Gasteiger partial charge in [-0.05, 0) is 53.6 Å². The number of ether oxygens (including phenoxy) is 2. The summed E-state index contributed by atoms with van der Waals surface area (Å²) in [4.78, 5) is 13.9. The standard InChI is InChI=1S/C26H29NO3S/c1-26(2,3)20-10-6-8-12-23(20)30-17-19-16-18(14-15-22(19)29-4)25(28)27-21-11-7-9-13-24(21)31-5/h6-16H,17H2,1-5H3,(H,27,28). The van der Waals surface area contributed by atoms with Gasteiger partial charge in [-0.15, -0.1) is 11.8 Å². The molecule has 1 amide bonds. The number of rotatable bonds is 7. The molecule has 0 saturated carbocycles. The predicted molar refractivity (Wildman–Crippen MR) is 129 cm³/mol. The van der Waals surface area contributed by atoms with Crippen LogP contribution < -0.4 is 14.8 Å². The molecule has 3 aromatic carbocycles.